The van der Waals surface area contributed by atoms with E-state index in [1.807, 2.05) is 21.1 Å². The van der Waals surface area contributed by atoms with Crippen molar-refractivity contribution in [2.24, 2.45) is 0 Å². The van der Waals surface area contributed by atoms with Crippen LogP contribution in [0.4, 0.5) is 0 Å². The number of quaternary nitrogens is 1. The van der Waals surface area contributed by atoms with Crippen molar-refractivity contribution >= 4 is 19.8 Å². The van der Waals surface area contributed by atoms with Gasteiger partial charge in [-0.15, -0.1) is 0 Å². The van der Waals surface area contributed by atoms with E-state index in [4.69, 9.17) is 18.5 Å². The molecule has 0 aliphatic rings. The van der Waals surface area contributed by atoms with Crippen molar-refractivity contribution < 1.29 is 42.1 Å². The maximum atomic E-state index is 12.8. The zero-order chi connectivity index (χ0) is 47.8. The second kappa shape index (κ2) is 46.6. The molecule has 9 nitrogen and oxygen atoms in total. The van der Waals surface area contributed by atoms with Crippen molar-refractivity contribution in [3.63, 3.8) is 0 Å². The van der Waals surface area contributed by atoms with Gasteiger partial charge in [0.05, 0.1) is 27.7 Å². The molecule has 0 aliphatic carbocycles. The molecule has 10 heteroatoms. The molecule has 2 atom stereocenters. The maximum absolute atomic E-state index is 12.8. The minimum atomic E-state index is -4.38. The molecule has 0 fully saturated rings. The first kappa shape index (κ1) is 62.4. The lowest BCUT2D eigenvalue weighted by molar-refractivity contribution is -0.870. The Morgan fingerprint density at radius 1 is 0.492 bits per heavy atom. The van der Waals surface area contributed by atoms with Crippen LogP contribution in [-0.2, 0) is 32.7 Å². The van der Waals surface area contributed by atoms with Gasteiger partial charge in [0.15, 0.2) is 6.10 Å². The van der Waals surface area contributed by atoms with Gasteiger partial charge in [-0.3, -0.25) is 18.6 Å². The Hall–Kier alpha value is -2.55. The molecule has 0 saturated heterocycles. The molecular formula is C55H99NO8P+. The van der Waals surface area contributed by atoms with Crippen molar-refractivity contribution in [2.75, 3.05) is 47.5 Å². The summed E-state index contributed by atoms with van der Waals surface area (Å²) >= 11 is 0. The Kier molecular flexibility index (Phi) is 44.7. The number of hydrogen-bond donors (Lipinski definition) is 1. The van der Waals surface area contributed by atoms with Crippen LogP contribution in [0.15, 0.2) is 72.9 Å². The molecule has 0 amide bonds. The normalized spacial score (nSPS) is 14.0. The number of likely N-dealkylation sites (N-methyl/N-ethyl adjacent to an activating group) is 1. The Bertz CT molecular complexity index is 1330. The third-order valence-corrected chi connectivity index (χ3v) is 12.0. The average molecular weight is 933 g/mol. The Morgan fingerprint density at radius 3 is 1.31 bits per heavy atom. The summed E-state index contributed by atoms with van der Waals surface area (Å²) in [6.07, 6.45) is 59.6. The zero-order valence-corrected chi connectivity index (χ0v) is 43.3. The fraction of sp³-hybridized carbons (Fsp3) is 0.745. The van der Waals surface area contributed by atoms with Crippen LogP contribution < -0.4 is 0 Å². The van der Waals surface area contributed by atoms with Crippen LogP contribution >= 0.6 is 7.82 Å². The summed E-state index contributed by atoms with van der Waals surface area (Å²) < 4.78 is 34.4. The van der Waals surface area contributed by atoms with Gasteiger partial charge in [-0.2, -0.15) is 0 Å². The predicted molar refractivity (Wildman–Crippen MR) is 275 cm³/mol. The fourth-order valence-electron chi connectivity index (χ4n) is 6.96. The highest BCUT2D eigenvalue weighted by Gasteiger charge is 2.27. The molecule has 0 bridgehead atoms. The lowest BCUT2D eigenvalue weighted by Crippen LogP contribution is -2.37. The minimum Gasteiger partial charge on any atom is -0.462 e. The van der Waals surface area contributed by atoms with Gasteiger partial charge in [0.2, 0.25) is 0 Å². The second-order valence-corrected chi connectivity index (χ2v) is 20.0. The van der Waals surface area contributed by atoms with Crippen LogP contribution in [0.2, 0.25) is 0 Å². The summed E-state index contributed by atoms with van der Waals surface area (Å²) in [5.41, 5.74) is 0. The molecule has 0 saturated carbocycles. The number of nitrogens with zero attached hydrogens (tertiary/aromatic N) is 1. The summed E-state index contributed by atoms with van der Waals surface area (Å²) in [5.74, 6) is -0.802. The lowest BCUT2D eigenvalue weighted by Gasteiger charge is -2.24. The summed E-state index contributed by atoms with van der Waals surface area (Å²) in [5, 5.41) is 0. The predicted octanol–water partition coefficient (Wildman–Crippen LogP) is 15.8. The Labute approximate surface area is 399 Å². The number of ether oxygens (including phenoxy) is 2. The summed E-state index contributed by atoms with van der Waals surface area (Å²) in [6.45, 7) is 4.31. The topological polar surface area (TPSA) is 108 Å². The number of unbranched alkanes of at least 4 members (excludes halogenated alkanes) is 21. The monoisotopic (exact) mass is 933 g/mol. The molecule has 65 heavy (non-hydrogen) atoms. The number of rotatable bonds is 47. The molecule has 1 N–H and O–H groups in total. The molecule has 0 heterocycles. The average Bonchev–Trinajstić information content (AvgIpc) is 3.26. The number of carbonyl (C=O) groups is 2. The fourth-order valence-corrected chi connectivity index (χ4v) is 7.70. The number of phosphoric acid groups is 1. The van der Waals surface area contributed by atoms with E-state index in [1.54, 1.807) is 0 Å². The van der Waals surface area contributed by atoms with E-state index in [9.17, 15) is 19.0 Å². The van der Waals surface area contributed by atoms with E-state index >= 15 is 0 Å². The maximum Gasteiger partial charge on any atom is 0.472 e. The van der Waals surface area contributed by atoms with Crippen LogP contribution in [0.5, 0.6) is 0 Å². The largest absolute Gasteiger partial charge is 0.472 e. The van der Waals surface area contributed by atoms with E-state index in [0.29, 0.717) is 17.4 Å². The van der Waals surface area contributed by atoms with Gasteiger partial charge in [-0.25, -0.2) is 4.57 Å². The standard InChI is InChI=1S/C55H98NO8P/c1-6-8-10-12-14-16-18-20-21-22-23-24-25-26-27-28-29-30-31-32-33-34-35-36-38-40-42-44-46-48-55(58)64-53(52-63-65(59,60)62-50-49-56(3,4)5)51-61-54(57)47-45-43-41-39-37-19-17-15-13-11-9-7-2/h8,10,14,16,20-21,23-24,26-27,29-30,53H,6-7,9,11-13,15,17-19,22,25,28,31-52H2,1-5H3/p+1/b10-8-,16-14-,21-20-,24-23-,27-26-,30-29-. The number of allylic oxidation sites excluding steroid dienone is 12. The third-order valence-electron chi connectivity index (χ3n) is 11.0. The number of carbonyl (C=O) groups excluding carboxylic acids is 2. The minimum absolute atomic E-state index is 0.0293. The Morgan fingerprint density at radius 2 is 0.877 bits per heavy atom. The van der Waals surface area contributed by atoms with Gasteiger partial charge in [0, 0.05) is 12.8 Å². The van der Waals surface area contributed by atoms with Crippen LogP contribution in [0.3, 0.4) is 0 Å². The van der Waals surface area contributed by atoms with E-state index in [-0.39, 0.29) is 32.0 Å². The van der Waals surface area contributed by atoms with Crippen molar-refractivity contribution in [3.05, 3.63) is 72.9 Å². The van der Waals surface area contributed by atoms with Crippen molar-refractivity contribution in [1.29, 1.82) is 0 Å². The highest BCUT2D eigenvalue weighted by atomic mass is 31.2. The lowest BCUT2D eigenvalue weighted by atomic mass is 10.0. The number of phosphoric ester groups is 1. The highest BCUT2D eigenvalue weighted by Crippen LogP contribution is 2.43. The first-order valence-corrected chi connectivity index (χ1v) is 27.7. The summed E-state index contributed by atoms with van der Waals surface area (Å²) in [7, 11) is 1.47. The number of hydrogen-bond acceptors (Lipinski definition) is 7. The van der Waals surface area contributed by atoms with Gasteiger partial charge in [0.1, 0.15) is 19.8 Å². The first-order valence-electron chi connectivity index (χ1n) is 26.2. The van der Waals surface area contributed by atoms with Crippen molar-refractivity contribution in [1.82, 2.24) is 0 Å². The van der Waals surface area contributed by atoms with E-state index < -0.39 is 26.5 Å². The molecule has 376 valence electrons. The Balaban J connectivity index is 4.17. The van der Waals surface area contributed by atoms with Gasteiger partial charge < -0.3 is 18.9 Å². The van der Waals surface area contributed by atoms with Gasteiger partial charge >= 0.3 is 19.8 Å². The van der Waals surface area contributed by atoms with E-state index in [2.05, 4.69) is 86.8 Å². The van der Waals surface area contributed by atoms with Crippen LogP contribution in [0, 0.1) is 0 Å². The molecule has 0 aromatic heterocycles. The molecule has 0 radical (unpaired) electrons. The van der Waals surface area contributed by atoms with E-state index in [0.717, 1.165) is 83.5 Å². The molecule has 0 aromatic carbocycles. The first-order chi connectivity index (χ1) is 31.5. The van der Waals surface area contributed by atoms with Gasteiger partial charge in [-0.05, 0) is 64.2 Å². The number of esters is 2. The molecule has 0 aliphatic heterocycles. The molecule has 0 rings (SSSR count). The molecule has 2 unspecified atom stereocenters. The molecule has 0 aromatic rings. The smallest absolute Gasteiger partial charge is 0.462 e. The zero-order valence-electron chi connectivity index (χ0n) is 42.5. The van der Waals surface area contributed by atoms with Gasteiger partial charge in [0.25, 0.3) is 0 Å². The quantitative estimate of drug-likeness (QED) is 0.0211. The summed E-state index contributed by atoms with van der Waals surface area (Å²) in [4.78, 5) is 35.5. The van der Waals surface area contributed by atoms with E-state index in [1.165, 1.54) is 96.3 Å². The summed E-state index contributed by atoms with van der Waals surface area (Å²) in [6, 6.07) is 0. The molecular weight excluding hydrogens is 834 g/mol. The highest BCUT2D eigenvalue weighted by molar-refractivity contribution is 7.47. The third kappa shape index (κ3) is 50.7. The second-order valence-electron chi connectivity index (χ2n) is 18.5. The van der Waals surface area contributed by atoms with Crippen LogP contribution in [-0.4, -0.2) is 74.9 Å². The van der Waals surface area contributed by atoms with Gasteiger partial charge in [-0.1, -0.05) is 209 Å². The SMILES string of the molecule is CC/C=C\C/C=C\C/C=C\C/C=C\C/C=C\C/C=C\CCCCCCCCCCCCC(=O)OC(COC(=O)CCCCCCCCCCCCCC)COP(=O)(O)OCC[N+](C)(C)C. The van der Waals surface area contributed by atoms with Crippen LogP contribution in [0.1, 0.15) is 213 Å². The molecule has 0 spiro atoms. The van der Waals surface area contributed by atoms with Crippen LogP contribution in [0.25, 0.3) is 0 Å². The van der Waals surface area contributed by atoms with Crippen molar-refractivity contribution in [2.45, 2.75) is 219 Å². The van der Waals surface area contributed by atoms with Crippen molar-refractivity contribution in [3.8, 4) is 0 Å².